The highest BCUT2D eigenvalue weighted by Gasteiger charge is 2.24. The number of aryl methyl sites for hydroxylation is 1. The number of imide groups is 1. The molecule has 116 valence electrons. The smallest absolute Gasteiger partial charge is 0.290 e. The van der Waals surface area contributed by atoms with E-state index >= 15 is 0 Å². The lowest BCUT2D eigenvalue weighted by atomic mass is 10.1. The van der Waals surface area contributed by atoms with Crippen molar-refractivity contribution in [1.82, 2.24) is 5.32 Å². The quantitative estimate of drug-likeness (QED) is 0.866. The van der Waals surface area contributed by atoms with Crippen LogP contribution in [0.4, 0.5) is 4.79 Å². The van der Waals surface area contributed by atoms with Crippen LogP contribution in [0.15, 0.2) is 53.4 Å². The second-order valence-electron chi connectivity index (χ2n) is 5.20. The Morgan fingerprint density at radius 3 is 2.35 bits per heavy atom. The predicted molar refractivity (Wildman–Crippen MR) is 91.1 cm³/mol. The number of hydrogen-bond acceptors (Lipinski definition) is 4. The van der Waals surface area contributed by atoms with Gasteiger partial charge < -0.3 is 4.74 Å². The molecule has 0 saturated carbocycles. The molecular formula is C18H15NO3S. The van der Waals surface area contributed by atoms with Crippen molar-refractivity contribution in [3.05, 3.63) is 70.1 Å². The molecule has 0 aromatic heterocycles. The Kier molecular flexibility index (Phi) is 4.48. The molecule has 5 heteroatoms. The zero-order valence-corrected chi connectivity index (χ0v) is 13.4. The number of rotatable bonds is 4. The molecule has 1 N–H and O–H groups in total. The van der Waals surface area contributed by atoms with Gasteiger partial charge in [-0.25, -0.2) is 0 Å². The Bertz CT molecular complexity index is 764. The number of nitrogens with one attached hydrogen (secondary N) is 1. The maximum Gasteiger partial charge on any atom is 0.290 e. The van der Waals surface area contributed by atoms with E-state index in [0.29, 0.717) is 11.5 Å². The molecule has 0 spiro atoms. The fraction of sp³-hybridized carbons (Fsp3) is 0.111. The molecule has 0 radical (unpaired) electrons. The first-order valence-electron chi connectivity index (χ1n) is 7.13. The molecule has 1 fully saturated rings. The van der Waals surface area contributed by atoms with Crippen LogP contribution in [0.2, 0.25) is 0 Å². The summed E-state index contributed by atoms with van der Waals surface area (Å²) < 4.78 is 5.74. The van der Waals surface area contributed by atoms with E-state index in [9.17, 15) is 9.59 Å². The van der Waals surface area contributed by atoms with Crippen molar-refractivity contribution in [3.8, 4) is 5.75 Å². The van der Waals surface area contributed by atoms with E-state index in [1.165, 1.54) is 5.56 Å². The predicted octanol–water partition coefficient (Wildman–Crippen LogP) is 3.90. The van der Waals surface area contributed by atoms with Crippen LogP contribution in [0, 0.1) is 6.92 Å². The molecular weight excluding hydrogens is 310 g/mol. The lowest BCUT2D eigenvalue weighted by molar-refractivity contribution is -0.115. The molecule has 2 aromatic rings. The third kappa shape index (κ3) is 4.02. The lowest BCUT2D eigenvalue weighted by Gasteiger charge is -2.07. The Hall–Kier alpha value is -2.53. The number of carbonyl (C=O) groups is 2. The topological polar surface area (TPSA) is 55.4 Å². The second-order valence-corrected chi connectivity index (χ2v) is 6.21. The lowest BCUT2D eigenvalue weighted by Crippen LogP contribution is -2.17. The van der Waals surface area contributed by atoms with Gasteiger partial charge in [0.2, 0.25) is 0 Å². The average Bonchev–Trinajstić information content (AvgIpc) is 2.86. The summed E-state index contributed by atoms with van der Waals surface area (Å²) in [5.74, 6) is 0.409. The van der Waals surface area contributed by atoms with Crippen LogP contribution in [-0.2, 0) is 11.4 Å². The minimum absolute atomic E-state index is 0.334. The molecule has 1 aliphatic rings. The van der Waals surface area contributed by atoms with Gasteiger partial charge in [-0.3, -0.25) is 14.9 Å². The highest BCUT2D eigenvalue weighted by molar-refractivity contribution is 8.18. The summed E-state index contributed by atoms with van der Waals surface area (Å²) in [6.45, 7) is 2.56. The van der Waals surface area contributed by atoms with Crippen molar-refractivity contribution in [2.45, 2.75) is 13.5 Å². The summed E-state index contributed by atoms with van der Waals surface area (Å²) in [6, 6.07) is 15.6. The van der Waals surface area contributed by atoms with Gasteiger partial charge in [0, 0.05) is 0 Å². The maximum absolute atomic E-state index is 11.5. The van der Waals surface area contributed by atoms with E-state index in [1.54, 1.807) is 6.08 Å². The summed E-state index contributed by atoms with van der Waals surface area (Å²) in [4.78, 5) is 23.0. The second kappa shape index (κ2) is 6.71. The third-order valence-electron chi connectivity index (χ3n) is 3.35. The van der Waals surface area contributed by atoms with E-state index < -0.39 is 0 Å². The highest BCUT2D eigenvalue weighted by atomic mass is 32.2. The fourth-order valence-corrected chi connectivity index (χ4v) is 2.77. The van der Waals surface area contributed by atoms with E-state index in [4.69, 9.17) is 4.74 Å². The van der Waals surface area contributed by atoms with Crippen LogP contribution in [0.5, 0.6) is 5.75 Å². The fourth-order valence-electron chi connectivity index (χ4n) is 2.08. The van der Waals surface area contributed by atoms with Gasteiger partial charge in [0.05, 0.1) is 4.91 Å². The summed E-state index contributed by atoms with van der Waals surface area (Å²) in [5, 5.41) is 1.90. The first-order chi connectivity index (χ1) is 11.1. The van der Waals surface area contributed by atoms with Crippen LogP contribution in [0.25, 0.3) is 6.08 Å². The summed E-state index contributed by atoms with van der Waals surface area (Å²) in [6.07, 6.45) is 1.69. The van der Waals surface area contributed by atoms with Gasteiger partial charge in [-0.15, -0.1) is 0 Å². The van der Waals surface area contributed by atoms with Gasteiger partial charge in [0.1, 0.15) is 12.4 Å². The van der Waals surface area contributed by atoms with Gasteiger partial charge in [0.25, 0.3) is 11.1 Å². The van der Waals surface area contributed by atoms with Crippen molar-refractivity contribution in [2.24, 2.45) is 0 Å². The normalized spacial score (nSPS) is 15.8. The SMILES string of the molecule is Cc1ccc(COc2ccc(/C=C3\SC(=O)NC3=O)cc2)cc1. The first-order valence-corrected chi connectivity index (χ1v) is 7.95. The van der Waals surface area contributed by atoms with Gasteiger partial charge in [-0.05, 0) is 48.0 Å². The molecule has 0 unspecified atom stereocenters. The summed E-state index contributed by atoms with van der Waals surface area (Å²) >= 11 is 0.912. The van der Waals surface area contributed by atoms with Crippen molar-refractivity contribution < 1.29 is 14.3 Å². The minimum atomic E-state index is -0.348. The Labute approximate surface area is 138 Å². The largest absolute Gasteiger partial charge is 0.489 e. The summed E-state index contributed by atoms with van der Waals surface area (Å²) in [7, 11) is 0. The number of hydrogen-bond donors (Lipinski definition) is 1. The minimum Gasteiger partial charge on any atom is -0.489 e. The van der Waals surface area contributed by atoms with Crippen molar-refractivity contribution >= 4 is 29.0 Å². The van der Waals surface area contributed by atoms with Crippen molar-refractivity contribution in [3.63, 3.8) is 0 Å². The number of amides is 2. The van der Waals surface area contributed by atoms with Crippen molar-refractivity contribution in [1.29, 1.82) is 0 Å². The van der Waals surface area contributed by atoms with Crippen LogP contribution < -0.4 is 10.1 Å². The zero-order valence-electron chi connectivity index (χ0n) is 12.5. The number of ether oxygens (including phenoxy) is 1. The van der Waals surface area contributed by atoms with E-state index in [1.807, 2.05) is 43.3 Å². The molecule has 3 rings (SSSR count). The Morgan fingerprint density at radius 1 is 1.04 bits per heavy atom. The first kappa shape index (κ1) is 15.4. The number of benzene rings is 2. The molecule has 1 heterocycles. The van der Waals surface area contributed by atoms with Gasteiger partial charge in [-0.1, -0.05) is 42.0 Å². The Morgan fingerprint density at radius 2 is 1.74 bits per heavy atom. The molecule has 0 atom stereocenters. The van der Waals surface area contributed by atoms with E-state index in [0.717, 1.165) is 28.6 Å². The van der Waals surface area contributed by atoms with Gasteiger partial charge in [0.15, 0.2) is 0 Å². The highest BCUT2D eigenvalue weighted by Crippen LogP contribution is 2.26. The van der Waals surface area contributed by atoms with Crippen LogP contribution in [0.3, 0.4) is 0 Å². The van der Waals surface area contributed by atoms with Crippen molar-refractivity contribution in [2.75, 3.05) is 0 Å². The maximum atomic E-state index is 11.5. The van der Waals surface area contributed by atoms with Crippen LogP contribution in [-0.4, -0.2) is 11.1 Å². The van der Waals surface area contributed by atoms with E-state index in [2.05, 4.69) is 17.4 Å². The molecule has 2 amide bonds. The molecule has 1 aliphatic heterocycles. The van der Waals surface area contributed by atoms with E-state index in [-0.39, 0.29) is 11.1 Å². The van der Waals surface area contributed by atoms with Crippen LogP contribution in [0.1, 0.15) is 16.7 Å². The van der Waals surface area contributed by atoms with Gasteiger partial charge in [-0.2, -0.15) is 0 Å². The zero-order chi connectivity index (χ0) is 16.2. The average molecular weight is 325 g/mol. The summed E-state index contributed by atoms with van der Waals surface area (Å²) in [5.41, 5.74) is 3.18. The Balaban J connectivity index is 1.63. The van der Waals surface area contributed by atoms with Gasteiger partial charge >= 0.3 is 0 Å². The molecule has 4 nitrogen and oxygen atoms in total. The number of carbonyl (C=O) groups excluding carboxylic acids is 2. The number of thioether (sulfide) groups is 1. The standard InChI is InChI=1S/C18H15NO3S/c1-12-2-4-14(5-3-12)11-22-15-8-6-13(7-9-15)10-16-17(20)19-18(21)23-16/h2-10H,11H2,1H3,(H,19,20,21)/b16-10-. The molecule has 0 aliphatic carbocycles. The monoisotopic (exact) mass is 325 g/mol. The molecule has 23 heavy (non-hydrogen) atoms. The molecule has 2 aromatic carbocycles. The molecule has 0 bridgehead atoms. The molecule has 1 saturated heterocycles. The third-order valence-corrected chi connectivity index (χ3v) is 4.16. The van der Waals surface area contributed by atoms with Crippen LogP contribution >= 0.6 is 11.8 Å².